The quantitative estimate of drug-likeness (QED) is 0.857. The molecule has 0 amide bonds. The van der Waals surface area contributed by atoms with E-state index < -0.39 is 0 Å². The van der Waals surface area contributed by atoms with E-state index in [1.165, 1.54) is 28.2 Å². The molecule has 19 heavy (non-hydrogen) atoms. The van der Waals surface area contributed by atoms with Gasteiger partial charge in [0.2, 0.25) is 0 Å². The molecule has 3 rings (SSSR count). The number of hydrogen-bond acceptors (Lipinski definition) is 2. The van der Waals surface area contributed by atoms with Crippen molar-refractivity contribution in [2.75, 3.05) is 0 Å². The lowest BCUT2D eigenvalue weighted by Gasteiger charge is -2.36. The summed E-state index contributed by atoms with van der Waals surface area (Å²) in [7, 11) is 0. The van der Waals surface area contributed by atoms with Crippen LogP contribution in [0.15, 0.2) is 36.4 Å². The average Bonchev–Trinajstić information content (AvgIpc) is 2.73. The van der Waals surface area contributed by atoms with Crippen molar-refractivity contribution in [3.63, 3.8) is 0 Å². The molecule has 2 aromatic rings. The van der Waals surface area contributed by atoms with Gasteiger partial charge in [0, 0.05) is 27.4 Å². The van der Waals surface area contributed by atoms with Gasteiger partial charge in [0.15, 0.2) is 0 Å². The van der Waals surface area contributed by atoms with Crippen molar-refractivity contribution in [1.82, 2.24) is 5.32 Å². The first-order chi connectivity index (χ1) is 9.20. The van der Waals surface area contributed by atoms with Gasteiger partial charge >= 0.3 is 0 Å². The van der Waals surface area contributed by atoms with Crippen LogP contribution in [0.3, 0.4) is 0 Å². The summed E-state index contributed by atoms with van der Waals surface area (Å²) in [6.45, 7) is 3.16. The van der Waals surface area contributed by atoms with E-state index in [1.807, 2.05) is 23.5 Å². The minimum atomic E-state index is 0.659. The Labute approximate surface area is 123 Å². The molecule has 0 radical (unpaired) electrons. The first-order valence-corrected chi connectivity index (χ1v) is 7.94. The van der Waals surface area contributed by atoms with Crippen LogP contribution in [0.4, 0.5) is 0 Å². The number of aryl methyl sites for hydroxylation is 1. The third-order valence-corrected chi connectivity index (χ3v) is 5.05. The molecule has 0 unspecified atom stereocenters. The Kier molecular flexibility index (Phi) is 3.92. The summed E-state index contributed by atoms with van der Waals surface area (Å²) in [6.07, 6.45) is 2.45. The summed E-state index contributed by atoms with van der Waals surface area (Å²) in [5, 5.41) is 4.49. The van der Waals surface area contributed by atoms with Crippen LogP contribution in [-0.4, -0.2) is 6.04 Å². The molecule has 1 saturated carbocycles. The van der Waals surface area contributed by atoms with E-state index in [1.54, 1.807) is 0 Å². The van der Waals surface area contributed by atoms with E-state index in [-0.39, 0.29) is 0 Å². The molecule has 1 aromatic carbocycles. The highest BCUT2D eigenvalue weighted by molar-refractivity contribution is 7.11. The second-order valence-corrected chi connectivity index (χ2v) is 7.12. The van der Waals surface area contributed by atoms with Crippen molar-refractivity contribution in [3.05, 3.63) is 56.7 Å². The highest BCUT2D eigenvalue weighted by Gasteiger charge is 2.29. The summed E-state index contributed by atoms with van der Waals surface area (Å²) in [5.74, 6) is 0.682. The molecule has 1 aromatic heterocycles. The number of rotatable bonds is 4. The van der Waals surface area contributed by atoms with Crippen molar-refractivity contribution < 1.29 is 0 Å². The molecule has 0 saturated heterocycles. The Morgan fingerprint density at radius 1 is 1.26 bits per heavy atom. The highest BCUT2D eigenvalue weighted by atomic mass is 35.5. The van der Waals surface area contributed by atoms with Crippen molar-refractivity contribution in [3.8, 4) is 0 Å². The number of hydrogen-bond donors (Lipinski definition) is 1. The minimum absolute atomic E-state index is 0.659. The highest BCUT2D eigenvalue weighted by Crippen LogP contribution is 2.37. The van der Waals surface area contributed by atoms with Crippen LogP contribution in [0, 0.1) is 6.92 Å². The Balaban J connectivity index is 1.48. The van der Waals surface area contributed by atoms with Crippen molar-refractivity contribution in [1.29, 1.82) is 0 Å². The first-order valence-electron chi connectivity index (χ1n) is 6.75. The molecule has 3 heteroatoms. The molecule has 1 fully saturated rings. The van der Waals surface area contributed by atoms with E-state index >= 15 is 0 Å². The second kappa shape index (κ2) is 5.66. The SMILES string of the molecule is Cc1ccc(CNC2CC(c3cccc(Cl)c3)C2)s1. The van der Waals surface area contributed by atoms with E-state index in [9.17, 15) is 0 Å². The lowest BCUT2D eigenvalue weighted by Crippen LogP contribution is -2.39. The lowest BCUT2D eigenvalue weighted by atomic mass is 9.76. The van der Waals surface area contributed by atoms with Crippen molar-refractivity contribution in [2.24, 2.45) is 0 Å². The van der Waals surface area contributed by atoms with Gasteiger partial charge in [0.25, 0.3) is 0 Å². The van der Waals surface area contributed by atoms with Gasteiger partial charge in [-0.2, -0.15) is 0 Å². The number of benzene rings is 1. The monoisotopic (exact) mass is 291 g/mol. The van der Waals surface area contributed by atoms with Gasteiger partial charge in [-0.05, 0) is 55.5 Å². The van der Waals surface area contributed by atoms with Crippen LogP contribution in [0.1, 0.15) is 34.1 Å². The van der Waals surface area contributed by atoms with Crippen molar-refractivity contribution in [2.45, 2.75) is 38.3 Å². The normalized spacial score (nSPS) is 22.2. The zero-order chi connectivity index (χ0) is 13.2. The predicted octanol–water partition coefficient (Wildman–Crippen LogP) is 4.75. The zero-order valence-corrected chi connectivity index (χ0v) is 12.6. The molecule has 1 nitrogen and oxygen atoms in total. The number of nitrogens with one attached hydrogen (secondary N) is 1. The molecule has 1 aliphatic rings. The second-order valence-electron chi connectivity index (χ2n) is 5.31. The maximum absolute atomic E-state index is 6.04. The standard InChI is InChI=1S/C16H18ClNS/c1-11-5-6-16(19-11)10-18-15-8-13(9-15)12-3-2-4-14(17)7-12/h2-7,13,15,18H,8-10H2,1H3. The molecule has 0 bridgehead atoms. The molecule has 0 atom stereocenters. The van der Waals surface area contributed by atoms with Crippen LogP contribution >= 0.6 is 22.9 Å². The average molecular weight is 292 g/mol. The van der Waals surface area contributed by atoms with Gasteiger partial charge in [0.05, 0.1) is 0 Å². The zero-order valence-electron chi connectivity index (χ0n) is 11.0. The summed E-state index contributed by atoms with van der Waals surface area (Å²) in [5.41, 5.74) is 1.39. The van der Waals surface area contributed by atoms with Crippen LogP contribution < -0.4 is 5.32 Å². The van der Waals surface area contributed by atoms with E-state index in [0.717, 1.165) is 11.6 Å². The van der Waals surface area contributed by atoms with Gasteiger partial charge < -0.3 is 5.32 Å². The van der Waals surface area contributed by atoms with Crippen LogP contribution in [0.5, 0.6) is 0 Å². The molecular weight excluding hydrogens is 274 g/mol. The van der Waals surface area contributed by atoms with Crippen LogP contribution in [0.25, 0.3) is 0 Å². The maximum Gasteiger partial charge on any atom is 0.0408 e. The Hall–Kier alpha value is -0.830. The van der Waals surface area contributed by atoms with Crippen LogP contribution in [0.2, 0.25) is 5.02 Å². The van der Waals surface area contributed by atoms with Gasteiger partial charge in [-0.25, -0.2) is 0 Å². The fourth-order valence-electron chi connectivity index (χ4n) is 2.64. The molecule has 100 valence electrons. The fraction of sp³-hybridized carbons (Fsp3) is 0.375. The molecule has 0 aliphatic heterocycles. The van der Waals surface area contributed by atoms with E-state index in [4.69, 9.17) is 11.6 Å². The number of thiophene rings is 1. The minimum Gasteiger partial charge on any atom is -0.309 e. The molecule has 1 aliphatic carbocycles. The lowest BCUT2D eigenvalue weighted by molar-refractivity contribution is 0.290. The third kappa shape index (κ3) is 3.19. The maximum atomic E-state index is 6.04. The van der Waals surface area contributed by atoms with Crippen molar-refractivity contribution >= 4 is 22.9 Å². The largest absolute Gasteiger partial charge is 0.309 e. The number of halogens is 1. The molecule has 1 heterocycles. The van der Waals surface area contributed by atoms with E-state index in [0.29, 0.717) is 12.0 Å². The molecule has 0 spiro atoms. The topological polar surface area (TPSA) is 12.0 Å². The van der Waals surface area contributed by atoms with Gasteiger partial charge in [-0.3, -0.25) is 0 Å². The summed E-state index contributed by atoms with van der Waals surface area (Å²) in [6, 6.07) is 13.4. The van der Waals surface area contributed by atoms with E-state index in [2.05, 4.69) is 36.5 Å². The summed E-state index contributed by atoms with van der Waals surface area (Å²) >= 11 is 7.92. The van der Waals surface area contributed by atoms with Gasteiger partial charge in [-0.1, -0.05) is 23.7 Å². The third-order valence-electron chi connectivity index (χ3n) is 3.82. The first kappa shape index (κ1) is 13.2. The Morgan fingerprint density at radius 3 is 2.79 bits per heavy atom. The molecular formula is C16H18ClNS. The Bertz CT molecular complexity index is 557. The van der Waals surface area contributed by atoms with Gasteiger partial charge in [0.1, 0.15) is 0 Å². The summed E-state index contributed by atoms with van der Waals surface area (Å²) in [4.78, 5) is 2.82. The molecule has 1 N–H and O–H groups in total. The summed E-state index contributed by atoms with van der Waals surface area (Å²) < 4.78 is 0. The van der Waals surface area contributed by atoms with Gasteiger partial charge in [-0.15, -0.1) is 11.3 Å². The smallest absolute Gasteiger partial charge is 0.0408 e. The van der Waals surface area contributed by atoms with Crippen LogP contribution in [-0.2, 0) is 6.54 Å². The predicted molar refractivity (Wildman–Crippen MR) is 83.1 cm³/mol. The fourth-order valence-corrected chi connectivity index (χ4v) is 3.68. The Morgan fingerprint density at radius 2 is 2.11 bits per heavy atom.